The van der Waals surface area contributed by atoms with Crippen molar-refractivity contribution in [3.05, 3.63) is 65.7 Å². The normalized spacial score (nSPS) is 11.8. The highest BCUT2D eigenvalue weighted by atomic mass is 32.2. The minimum absolute atomic E-state index is 0.0104. The third-order valence-electron chi connectivity index (χ3n) is 3.03. The van der Waals surface area contributed by atoms with Crippen molar-refractivity contribution in [1.82, 2.24) is 0 Å². The molecule has 9 heteroatoms. The molecule has 0 bridgehead atoms. The summed E-state index contributed by atoms with van der Waals surface area (Å²) in [5.41, 5.74) is -4.86. The van der Waals surface area contributed by atoms with Gasteiger partial charge in [0.2, 0.25) is 0 Å². The Hall–Kier alpha value is -2.55. The van der Waals surface area contributed by atoms with Crippen LogP contribution in [0.5, 0.6) is 5.75 Å². The van der Waals surface area contributed by atoms with Crippen LogP contribution in [0, 0.1) is 0 Å². The molecule has 0 saturated heterocycles. The van der Waals surface area contributed by atoms with Crippen molar-refractivity contribution >= 4 is 16.1 Å². The van der Waals surface area contributed by atoms with Crippen LogP contribution in [0.25, 0.3) is 0 Å². The van der Waals surface area contributed by atoms with Gasteiger partial charge in [0, 0.05) is 5.56 Å². The number of alkyl halides is 3. The van der Waals surface area contributed by atoms with Crippen molar-refractivity contribution in [2.75, 3.05) is 0 Å². The molecule has 0 amide bonds. The third kappa shape index (κ3) is 5.21. The largest absolute Gasteiger partial charge is 0.534 e. The second kappa shape index (κ2) is 7.56. The van der Waals surface area contributed by atoms with E-state index in [0.29, 0.717) is 0 Å². The van der Waals surface area contributed by atoms with E-state index in [9.17, 15) is 26.4 Å². The molecule has 2 aromatic carbocycles. The average Bonchev–Trinajstić information content (AvgIpc) is 2.54. The summed E-state index contributed by atoms with van der Waals surface area (Å²) in [6.45, 7) is -0.0104. The average molecular weight is 374 g/mol. The number of hydrogen-bond acceptors (Lipinski definition) is 5. The van der Waals surface area contributed by atoms with E-state index in [1.165, 1.54) is 18.2 Å². The Labute approximate surface area is 142 Å². The van der Waals surface area contributed by atoms with E-state index in [2.05, 4.69) is 4.18 Å². The molecule has 0 N–H and O–H groups in total. The molecule has 25 heavy (non-hydrogen) atoms. The number of carbonyl (C=O) groups excluding carboxylic acids is 1. The second-order valence-corrected chi connectivity index (χ2v) is 6.45. The van der Waals surface area contributed by atoms with Gasteiger partial charge < -0.3 is 8.92 Å². The molecular formula is C16H13F3O5S. The molecule has 2 aromatic rings. The number of para-hydroxylation sites is 1. The summed E-state index contributed by atoms with van der Waals surface area (Å²) in [6.07, 6.45) is -0.434. The van der Waals surface area contributed by atoms with Crippen LogP contribution in [0.15, 0.2) is 54.6 Å². The zero-order valence-corrected chi connectivity index (χ0v) is 13.5. The maximum absolute atomic E-state index is 12.4. The van der Waals surface area contributed by atoms with Gasteiger partial charge in [0.1, 0.15) is 12.4 Å². The lowest BCUT2D eigenvalue weighted by Gasteiger charge is -2.12. The molecule has 0 spiro atoms. The molecule has 0 heterocycles. The van der Waals surface area contributed by atoms with E-state index in [4.69, 9.17) is 4.74 Å². The monoisotopic (exact) mass is 374 g/mol. The van der Waals surface area contributed by atoms with Crippen molar-refractivity contribution < 1.29 is 35.3 Å². The van der Waals surface area contributed by atoms with Crippen molar-refractivity contribution in [3.63, 3.8) is 0 Å². The van der Waals surface area contributed by atoms with Crippen LogP contribution < -0.4 is 4.18 Å². The first-order valence-corrected chi connectivity index (χ1v) is 8.38. The molecule has 0 unspecified atom stereocenters. The highest BCUT2D eigenvalue weighted by Crippen LogP contribution is 2.29. The third-order valence-corrected chi connectivity index (χ3v) is 4.00. The van der Waals surface area contributed by atoms with Gasteiger partial charge >= 0.3 is 21.6 Å². The summed E-state index contributed by atoms with van der Waals surface area (Å²) in [4.78, 5) is 11.9. The van der Waals surface area contributed by atoms with E-state index in [-0.39, 0.29) is 12.2 Å². The van der Waals surface area contributed by atoms with Gasteiger partial charge in [0.15, 0.2) is 0 Å². The van der Waals surface area contributed by atoms with E-state index < -0.39 is 33.8 Å². The van der Waals surface area contributed by atoms with Crippen LogP contribution in [0.1, 0.15) is 11.1 Å². The molecule has 0 atom stereocenters. The summed E-state index contributed by atoms with van der Waals surface area (Å²) in [5.74, 6) is -1.30. The lowest BCUT2D eigenvalue weighted by Crippen LogP contribution is -2.28. The highest BCUT2D eigenvalue weighted by Gasteiger charge is 2.48. The van der Waals surface area contributed by atoms with Crippen molar-refractivity contribution in [1.29, 1.82) is 0 Å². The Morgan fingerprint density at radius 3 is 2.20 bits per heavy atom. The molecule has 0 aliphatic heterocycles. The molecule has 5 nitrogen and oxygen atoms in total. The minimum Gasteiger partial charge on any atom is -0.461 e. The number of rotatable bonds is 6. The SMILES string of the molecule is O=C(Cc1ccccc1OS(=O)(=O)C(F)(F)F)OCc1ccccc1. The van der Waals surface area contributed by atoms with E-state index in [1.807, 2.05) is 0 Å². The fourth-order valence-electron chi connectivity index (χ4n) is 1.84. The molecule has 134 valence electrons. The van der Waals surface area contributed by atoms with Gasteiger partial charge in [-0.05, 0) is 11.6 Å². The van der Waals surface area contributed by atoms with Crippen LogP contribution in [-0.4, -0.2) is 19.9 Å². The molecule has 2 rings (SSSR count). The summed E-state index contributed by atoms with van der Waals surface area (Å²) in [5, 5.41) is 0. The number of hydrogen-bond donors (Lipinski definition) is 0. The van der Waals surface area contributed by atoms with Crippen LogP contribution in [0.2, 0.25) is 0 Å². The lowest BCUT2D eigenvalue weighted by atomic mass is 10.1. The zero-order valence-electron chi connectivity index (χ0n) is 12.7. The first-order valence-electron chi connectivity index (χ1n) is 6.97. The summed E-state index contributed by atoms with van der Waals surface area (Å²) < 4.78 is 68.6. The number of ether oxygens (including phenoxy) is 1. The number of carbonyl (C=O) groups is 1. The maximum atomic E-state index is 12.4. The second-order valence-electron chi connectivity index (χ2n) is 4.91. The van der Waals surface area contributed by atoms with E-state index in [0.717, 1.165) is 11.6 Å². The van der Waals surface area contributed by atoms with Crippen molar-refractivity contribution in [2.45, 2.75) is 18.5 Å². The van der Waals surface area contributed by atoms with Gasteiger partial charge in [-0.2, -0.15) is 21.6 Å². The van der Waals surface area contributed by atoms with Gasteiger partial charge in [0.25, 0.3) is 0 Å². The van der Waals surface area contributed by atoms with Gasteiger partial charge in [-0.1, -0.05) is 48.5 Å². The Bertz CT molecular complexity index is 832. The molecular weight excluding hydrogens is 361 g/mol. The topological polar surface area (TPSA) is 69.7 Å². The molecule has 0 aliphatic rings. The van der Waals surface area contributed by atoms with Crippen molar-refractivity contribution in [3.8, 4) is 5.75 Å². The van der Waals surface area contributed by atoms with Crippen LogP contribution >= 0.6 is 0 Å². The number of benzene rings is 2. The predicted octanol–water partition coefficient (Wildman–Crippen LogP) is 3.20. The first-order chi connectivity index (χ1) is 11.7. The van der Waals surface area contributed by atoms with Gasteiger partial charge in [-0.15, -0.1) is 0 Å². The standard InChI is InChI=1S/C16H13F3O5S/c17-16(18,19)25(21,22)24-14-9-5-4-8-13(14)10-15(20)23-11-12-6-2-1-3-7-12/h1-9H,10-11H2. The minimum atomic E-state index is -5.82. The molecule has 0 radical (unpaired) electrons. The van der Waals surface area contributed by atoms with Crippen LogP contribution in [0.4, 0.5) is 13.2 Å². The van der Waals surface area contributed by atoms with Crippen LogP contribution in [0.3, 0.4) is 0 Å². The predicted molar refractivity (Wildman–Crippen MR) is 82.0 cm³/mol. The highest BCUT2D eigenvalue weighted by molar-refractivity contribution is 7.88. The Morgan fingerprint density at radius 1 is 0.960 bits per heavy atom. The Kier molecular flexibility index (Phi) is 5.68. The zero-order chi connectivity index (χ0) is 18.5. The summed E-state index contributed by atoms with van der Waals surface area (Å²) in [7, 11) is -5.82. The molecule has 0 aromatic heterocycles. The first kappa shape index (κ1) is 18.8. The molecule has 0 aliphatic carbocycles. The van der Waals surface area contributed by atoms with Crippen molar-refractivity contribution in [2.24, 2.45) is 0 Å². The Balaban J connectivity index is 2.06. The lowest BCUT2D eigenvalue weighted by molar-refractivity contribution is -0.144. The fraction of sp³-hybridized carbons (Fsp3) is 0.188. The number of esters is 1. The smallest absolute Gasteiger partial charge is 0.461 e. The van der Waals surface area contributed by atoms with Crippen LogP contribution in [-0.2, 0) is 32.7 Å². The van der Waals surface area contributed by atoms with Gasteiger partial charge in [-0.3, -0.25) is 4.79 Å². The van der Waals surface area contributed by atoms with Gasteiger partial charge in [-0.25, -0.2) is 0 Å². The maximum Gasteiger partial charge on any atom is 0.534 e. The van der Waals surface area contributed by atoms with E-state index in [1.54, 1.807) is 30.3 Å². The number of halogens is 3. The molecule has 0 fully saturated rings. The van der Waals surface area contributed by atoms with E-state index >= 15 is 0 Å². The summed E-state index contributed by atoms with van der Waals surface area (Å²) >= 11 is 0. The molecule has 0 saturated carbocycles. The van der Waals surface area contributed by atoms with Gasteiger partial charge in [0.05, 0.1) is 6.42 Å². The fourth-order valence-corrected chi connectivity index (χ4v) is 2.33. The Morgan fingerprint density at radius 2 is 1.56 bits per heavy atom. The summed E-state index contributed by atoms with van der Waals surface area (Å²) in [6, 6.07) is 13.8. The quantitative estimate of drug-likeness (QED) is 0.441.